The van der Waals surface area contributed by atoms with Crippen LogP contribution in [0.3, 0.4) is 0 Å². The Kier molecular flexibility index (Phi) is 2.03. The van der Waals surface area contributed by atoms with E-state index in [-0.39, 0.29) is 11.0 Å². The van der Waals surface area contributed by atoms with Gasteiger partial charge in [-0.05, 0) is 19.3 Å². The summed E-state index contributed by atoms with van der Waals surface area (Å²) in [5, 5.41) is 10.1. The van der Waals surface area contributed by atoms with Gasteiger partial charge in [0.15, 0.2) is 0 Å². The smallest absolute Gasteiger partial charge is 0.213 e. The molecule has 1 unspecified atom stereocenters. The largest absolute Gasteiger partial charge is 0.264 e. The maximum atomic E-state index is 10.1. The maximum absolute atomic E-state index is 10.1. The van der Waals surface area contributed by atoms with Gasteiger partial charge in [-0.1, -0.05) is 0 Å². The van der Waals surface area contributed by atoms with E-state index in [0.29, 0.717) is 6.42 Å². The van der Waals surface area contributed by atoms with Crippen LogP contribution in [0.2, 0.25) is 0 Å². The molecule has 1 radical (unpaired) electrons. The lowest BCUT2D eigenvalue weighted by Gasteiger charge is -2.13. The Balaban J connectivity index is 2.31. The van der Waals surface area contributed by atoms with Gasteiger partial charge < -0.3 is 0 Å². The van der Waals surface area contributed by atoms with Gasteiger partial charge in [0.2, 0.25) is 6.04 Å². The number of hydrogen-bond acceptors (Lipinski definition) is 2. The van der Waals surface area contributed by atoms with Crippen LogP contribution in [-0.2, 0) is 0 Å². The van der Waals surface area contributed by atoms with Crippen LogP contribution in [-0.4, -0.2) is 11.0 Å². The molecule has 9 heavy (non-hydrogen) atoms. The zero-order valence-electron chi connectivity index (χ0n) is 5.25. The van der Waals surface area contributed by atoms with Crippen molar-refractivity contribution in [2.75, 3.05) is 0 Å². The van der Waals surface area contributed by atoms with Gasteiger partial charge in [-0.15, -0.1) is 0 Å². The van der Waals surface area contributed by atoms with Crippen molar-refractivity contribution in [2.24, 2.45) is 0 Å². The highest BCUT2D eigenvalue weighted by atomic mass is 16.6. The summed E-state index contributed by atoms with van der Waals surface area (Å²) < 4.78 is 0. The molecule has 51 valence electrons. The van der Waals surface area contributed by atoms with Crippen LogP contribution in [0.4, 0.5) is 0 Å². The first-order valence-corrected chi connectivity index (χ1v) is 3.26. The summed E-state index contributed by atoms with van der Waals surface area (Å²) >= 11 is 0. The molecule has 0 aliphatic heterocycles. The molecule has 0 spiro atoms. The van der Waals surface area contributed by atoms with Crippen molar-refractivity contribution in [1.29, 1.82) is 0 Å². The fourth-order valence-corrected chi connectivity index (χ4v) is 1.12. The molecule has 3 heteroatoms. The van der Waals surface area contributed by atoms with Gasteiger partial charge in [0.25, 0.3) is 0 Å². The lowest BCUT2D eigenvalue weighted by atomic mass is 9.96. The van der Waals surface area contributed by atoms with Gasteiger partial charge in [-0.2, -0.15) is 0 Å². The molecule has 1 atom stereocenters. The van der Waals surface area contributed by atoms with E-state index in [2.05, 4.69) is 0 Å². The molecule has 1 saturated carbocycles. The number of nitrogens with zero attached hydrogens (tertiary/aromatic N) is 1. The van der Waals surface area contributed by atoms with Gasteiger partial charge >= 0.3 is 0 Å². The number of nitro groups is 1. The molecule has 0 bridgehead atoms. The third kappa shape index (κ3) is 1.66. The summed E-state index contributed by atoms with van der Waals surface area (Å²) in [4.78, 5) is 9.97. The van der Waals surface area contributed by atoms with E-state index in [1.807, 2.05) is 6.42 Å². The van der Waals surface area contributed by atoms with Gasteiger partial charge in [-0.3, -0.25) is 10.1 Å². The Morgan fingerprint density at radius 2 is 2.44 bits per heavy atom. The molecule has 0 heterocycles. The molecule has 0 N–H and O–H groups in total. The Morgan fingerprint density at radius 1 is 1.67 bits per heavy atom. The molecule has 3 nitrogen and oxygen atoms in total. The fraction of sp³-hybridized carbons (Fsp3) is 0.833. The summed E-state index contributed by atoms with van der Waals surface area (Å²) in [5.41, 5.74) is 0. The minimum atomic E-state index is -0.279. The van der Waals surface area contributed by atoms with Crippen LogP contribution in [0.1, 0.15) is 25.7 Å². The Bertz CT molecular complexity index is 108. The SMILES string of the molecule is O=[N+]([O-])C1C[CH]CCC1. The Hall–Kier alpha value is -0.600. The first-order chi connectivity index (χ1) is 4.30. The molecule has 0 aromatic rings. The molecule has 1 aliphatic carbocycles. The molecule has 0 aromatic carbocycles. The lowest BCUT2D eigenvalue weighted by Crippen LogP contribution is -2.22. The van der Waals surface area contributed by atoms with Crippen molar-refractivity contribution in [3.63, 3.8) is 0 Å². The van der Waals surface area contributed by atoms with E-state index in [1.165, 1.54) is 0 Å². The predicted octanol–water partition coefficient (Wildman–Crippen LogP) is 1.41. The standard InChI is InChI=1S/C6H10NO2/c8-7(9)6-4-2-1-3-5-6/h2,6H,1,3-5H2. The predicted molar refractivity (Wildman–Crippen MR) is 33.6 cm³/mol. The van der Waals surface area contributed by atoms with Crippen molar-refractivity contribution < 1.29 is 4.92 Å². The van der Waals surface area contributed by atoms with Crippen molar-refractivity contribution in [3.05, 3.63) is 16.5 Å². The monoisotopic (exact) mass is 128 g/mol. The van der Waals surface area contributed by atoms with Gasteiger partial charge in [0, 0.05) is 17.8 Å². The zero-order chi connectivity index (χ0) is 6.69. The molecule has 0 aromatic heterocycles. The van der Waals surface area contributed by atoms with E-state index < -0.39 is 0 Å². The quantitative estimate of drug-likeness (QED) is 0.396. The Labute approximate surface area is 54.2 Å². The normalized spacial score (nSPS) is 21.8. The highest BCUT2D eigenvalue weighted by molar-refractivity contribution is 4.76. The molecular weight excluding hydrogens is 118 g/mol. The van der Waals surface area contributed by atoms with Crippen LogP contribution in [0.25, 0.3) is 0 Å². The van der Waals surface area contributed by atoms with E-state index in [1.54, 1.807) is 0 Å². The second-order valence-electron chi connectivity index (χ2n) is 2.39. The highest BCUT2D eigenvalue weighted by Gasteiger charge is 2.22. The molecule has 1 fully saturated rings. The molecule has 1 aliphatic rings. The van der Waals surface area contributed by atoms with E-state index in [4.69, 9.17) is 0 Å². The Morgan fingerprint density at radius 3 is 2.78 bits per heavy atom. The average molecular weight is 128 g/mol. The minimum Gasteiger partial charge on any atom is -0.264 e. The topological polar surface area (TPSA) is 43.1 Å². The second kappa shape index (κ2) is 2.80. The van der Waals surface area contributed by atoms with Crippen molar-refractivity contribution in [3.8, 4) is 0 Å². The van der Waals surface area contributed by atoms with Crippen molar-refractivity contribution in [1.82, 2.24) is 0 Å². The zero-order valence-corrected chi connectivity index (χ0v) is 5.25. The number of hydrogen-bond donors (Lipinski definition) is 0. The maximum Gasteiger partial charge on any atom is 0.213 e. The summed E-state index contributed by atoms with van der Waals surface area (Å²) in [6.07, 6.45) is 5.50. The van der Waals surface area contributed by atoms with Crippen LogP contribution in [0, 0.1) is 16.5 Å². The van der Waals surface area contributed by atoms with E-state index >= 15 is 0 Å². The van der Waals surface area contributed by atoms with Crippen LogP contribution < -0.4 is 0 Å². The van der Waals surface area contributed by atoms with Crippen LogP contribution in [0.5, 0.6) is 0 Å². The second-order valence-corrected chi connectivity index (χ2v) is 2.39. The summed E-state index contributed by atoms with van der Waals surface area (Å²) in [6, 6.07) is -0.279. The summed E-state index contributed by atoms with van der Waals surface area (Å²) in [5.74, 6) is 0. The summed E-state index contributed by atoms with van der Waals surface area (Å²) in [6.45, 7) is 0. The third-order valence-corrected chi connectivity index (χ3v) is 1.68. The highest BCUT2D eigenvalue weighted by Crippen LogP contribution is 2.18. The molecule has 0 saturated heterocycles. The van der Waals surface area contributed by atoms with Crippen molar-refractivity contribution in [2.45, 2.75) is 31.7 Å². The minimum absolute atomic E-state index is 0.171. The number of rotatable bonds is 1. The third-order valence-electron chi connectivity index (χ3n) is 1.68. The summed E-state index contributed by atoms with van der Waals surface area (Å²) in [7, 11) is 0. The van der Waals surface area contributed by atoms with Gasteiger partial charge in [0.1, 0.15) is 0 Å². The van der Waals surface area contributed by atoms with Gasteiger partial charge in [-0.25, -0.2) is 0 Å². The van der Waals surface area contributed by atoms with E-state index in [9.17, 15) is 10.1 Å². The van der Waals surface area contributed by atoms with Crippen LogP contribution in [0.15, 0.2) is 0 Å². The van der Waals surface area contributed by atoms with Crippen LogP contribution >= 0.6 is 0 Å². The molecule has 1 rings (SSSR count). The molecular formula is C6H10NO2. The lowest BCUT2D eigenvalue weighted by molar-refractivity contribution is -0.524. The van der Waals surface area contributed by atoms with E-state index in [0.717, 1.165) is 19.3 Å². The van der Waals surface area contributed by atoms with Crippen molar-refractivity contribution >= 4 is 0 Å². The fourth-order valence-electron chi connectivity index (χ4n) is 1.12. The first kappa shape index (κ1) is 6.52. The average Bonchev–Trinajstić information content (AvgIpc) is 1.90. The molecule has 0 amide bonds. The first-order valence-electron chi connectivity index (χ1n) is 3.26. The van der Waals surface area contributed by atoms with Gasteiger partial charge in [0.05, 0.1) is 0 Å².